The zero-order valence-corrected chi connectivity index (χ0v) is 32.0. The van der Waals surface area contributed by atoms with Crippen molar-refractivity contribution in [2.45, 2.75) is 108 Å². The lowest BCUT2D eigenvalue weighted by Gasteiger charge is -2.61. The third-order valence-electron chi connectivity index (χ3n) is 15.7. The lowest BCUT2D eigenvalue weighted by atomic mass is 9.43. The molecule has 0 aliphatic heterocycles. The van der Waals surface area contributed by atoms with E-state index in [2.05, 4.69) is 150 Å². The van der Waals surface area contributed by atoms with Gasteiger partial charge in [0.1, 0.15) is 0 Å². The van der Waals surface area contributed by atoms with Crippen molar-refractivity contribution in [3.8, 4) is 22.3 Å². The highest BCUT2D eigenvalue weighted by molar-refractivity contribution is 5.89. The summed E-state index contributed by atoms with van der Waals surface area (Å²) in [5, 5.41) is 0. The first-order chi connectivity index (χ1) is 25.0. The molecule has 0 radical (unpaired) electrons. The summed E-state index contributed by atoms with van der Waals surface area (Å²) in [4.78, 5) is 2.60. The fourth-order valence-electron chi connectivity index (χ4n) is 13.3. The van der Waals surface area contributed by atoms with Gasteiger partial charge in [-0.2, -0.15) is 0 Å². The van der Waals surface area contributed by atoms with Crippen LogP contribution in [-0.4, -0.2) is 0 Å². The molecule has 7 aliphatic carbocycles. The Morgan fingerprint density at radius 2 is 0.904 bits per heavy atom. The van der Waals surface area contributed by atoms with E-state index >= 15 is 0 Å². The minimum absolute atomic E-state index is 0.0573. The van der Waals surface area contributed by atoms with Crippen molar-refractivity contribution in [2.75, 3.05) is 4.90 Å². The molecule has 0 heterocycles. The van der Waals surface area contributed by atoms with Crippen molar-refractivity contribution >= 4 is 17.1 Å². The zero-order valence-electron chi connectivity index (χ0n) is 32.0. The molecule has 4 bridgehead atoms. The van der Waals surface area contributed by atoms with E-state index < -0.39 is 0 Å². The molecule has 0 N–H and O–H groups in total. The van der Waals surface area contributed by atoms with Gasteiger partial charge in [0, 0.05) is 27.9 Å². The molecule has 12 rings (SSSR count). The van der Waals surface area contributed by atoms with Crippen molar-refractivity contribution in [2.24, 2.45) is 23.7 Å². The highest BCUT2D eigenvalue weighted by Gasteiger charge is 2.61. The Morgan fingerprint density at radius 1 is 0.423 bits per heavy atom. The van der Waals surface area contributed by atoms with Gasteiger partial charge in [0.25, 0.3) is 0 Å². The van der Waals surface area contributed by atoms with Gasteiger partial charge in [0.2, 0.25) is 0 Å². The molecule has 4 fully saturated rings. The molecule has 0 aromatic heterocycles. The second-order valence-corrected chi connectivity index (χ2v) is 19.7. The number of fused-ring (bicyclic) bond motifs is 7. The van der Waals surface area contributed by atoms with Crippen molar-refractivity contribution in [3.63, 3.8) is 0 Å². The molecule has 0 unspecified atom stereocenters. The van der Waals surface area contributed by atoms with Crippen LogP contribution in [0.1, 0.15) is 120 Å². The van der Waals surface area contributed by atoms with Crippen LogP contribution < -0.4 is 4.90 Å². The van der Waals surface area contributed by atoms with E-state index in [1.165, 1.54) is 107 Å². The van der Waals surface area contributed by atoms with Crippen LogP contribution in [-0.2, 0) is 21.7 Å². The quantitative estimate of drug-likeness (QED) is 0.183. The van der Waals surface area contributed by atoms with Crippen LogP contribution in [0.5, 0.6) is 0 Å². The Morgan fingerprint density at radius 3 is 1.58 bits per heavy atom. The molecule has 5 aromatic carbocycles. The summed E-state index contributed by atoms with van der Waals surface area (Å²) >= 11 is 0. The van der Waals surface area contributed by atoms with Crippen LogP contribution in [0, 0.1) is 23.7 Å². The van der Waals surface area contributed by atoms with Gasteiger partial charge in [-0.05, 0) is 171 Å². The summed E-state index contributed by atoms with van der Waals surface area (Å²) in [6.45, 7) is 14.6. The van der Waals surface area contributed by atoms with Crippen LogP contribution in [0.4, 0.5) is 17.1 Å². The maximum Gasteiger partial charge on any atom is 0.0468 e. The molecule has 4 saturated carbocycles. The minimum atomic E-state index is -0.0573. The molecule has 5 aromatic rings. The van der Waals surface area contributed by atoms with Gasteiger partial charge in [-0.25, -0.2) is 0 Å². The summed E-state index contributed by atoms with van der Waals surface area (Å²) in [5.74, 6) is 3.46. The maximum absolute atomic E-state index is 2.60. The van der Waals surface area contributed by atoms with Crippen LogP contribution in [0.2, 0.25) is 0 Å². The molecule has 7 aliphatic rings. The van der Waals surface area contributed by atoms with E-state index in [1.807, 2.05) is 0 Å². The third-order valence-corrected chi connectivity index (χ3v) is 15.7. The van der Waals surface area contributed by atoms with Crippen LogP contribution in [0.25, 0.3) is 22.3 Å². The minimum Gasteiger partial charge on any atom is -0.310 e. The fourth-order valence-corrected chi connectivity index (χ4v) is 13.3. The second kappa shape index (κ2) is 10.3. The highest BCUT2D eigenvalue weighted by atomic mass is 15.1. The number of anilines is 3. The first-order valence-corrected chi connectivity index (χ1v) is 20.4. The first kappa shape index (κ1) is 31.4. The van der Waals surface area contributed by atoms with E-state index in [9.17, 15) is 0 Å². The Kier molecular flexibility index (Phi) is 6.23. The molecular formula is C51H53N. The van der Waals surface area contributed by atoms with Crippen molar-refractivity contribution < 1.29 is 0 Å². The van der Waals surface area contributed by atoms with E-state index in [-0.39, 0.29) is 21.7 Å². The summed E-state index contributed by atoms with van der Waals surface area (Å²) in [5.41, 5.74) is 19.1. The van der Waals surface area contributed by atoms with Crippen LogP contribution in [0.15, 0.2) is 103 Å². The van der Waals surface area contributed by atoms with Gasteiger partial charge < -0.3 is 4.90 Å². The molecule has 1 nitrogen and oxygen atoms in total. The smallest absolute Gasteiger partial charge is 0.0468 e. The fraction of sp³-hybridized carbons (Fsp3) is 0.412. The Bertz CT molecular complexity index is 2290. The zero-order chi connectivity index (χ0) is 35.4. The predicted molar refractivity (Wildman–Crippen MR) is 217 cm³/mol. The van der Waals surface area contributed by atoms with Gasteiger partial charge in [-0.15, -0.1) is 0 Å². The van der Waals surface area contributed by atoms with Crippen LogP contribution >= 0.6 is 0 Å². The summed E-state index contributed by atoms with van der Waals surface area (Å²) in [6, 6.07) is 41.1. The number of benzene rings is 5. The predicted octanol–water partition coefficient (Wildman–Crippen LogP) is 13.5. The van der Waals surface area contributed by atoms with Crippen molar-refractivity contribution in [3.05, 3.63) is 137 Å². The van der Waals surface area contributed by atoms with Gasteiger partial charge >= 0.3 is 0 Å². The van der Waals surface area contributed by atoms with E-state index in [0.29, 0.717) is 0 Å². The highest BCUT2D eigenvalue weighted by Crippen LogP contribution is 2.69. The SMILES string of the molecule is CC1(C)CCC(C)(C)c2cc(N(c3ccc4c(c3)-c3ccccc3C43C4CC5CC(C4)CC3C5)c3ccc4c(c3)C(C)(C)c3ccccc3-4)ccc21. The Balaban J connectivity index is 1.12. The number of rotatable bonds is 3. The first-order valence-electron chi connectivity index (χ1n) is 20.4. The molecule has 0 amide bonds. The van der Waals surface area contributed by atoms with Gasteiger partial charge in [0.15, 0.2) is 0 Å². The number of nitrogens with zero attached hydrogens (tertiary/aromatic N) is 1. The molecule has 262 valence electrons. The van der Waals surface area contributed by atoms with Crippen LogP contribution in [0.3, 0.4) is 0 Å². The summed E-state index contributed by atoms with van der Waals surface area (Å²) in [7, 11) is 0. The largest absolute Gasteiger partial charge is 0.310 e. The maximum atomic E-state index is 2.60. The van der Waals surface area contributed by atoms with E-state index in [1.54, 1.807) is 11.1 Å². The number of hydrogen-bond donors (Lipinski definition) is 0. The lowest BCUT2D eigenvalue weighted by molar-refractivity contribution is -0.0399. The summed E-state index contributed by atoms with van der Waals surface area (Å²) in [6.07, 6.45) is 9.61. The average molecular weight is 680 g/mol. The lowest BCUT2D eigenvalue weighted by Crippen LogP contribution is -2.55. The van der Waals surface area contributed by atoms with Crippen molar-refractivity contribution in [1.29, 1.82) is 0 Å². The second-order valence-electron chi connectivity index (χ2n) is 19.7. The number of hydrogen-bond acceptors (Lipinski definition) is 1. The van der Waals surface area contributed by atoms with E-state index in [4.69, 9.17) is 0 Å². The summed E-state index contributed by atoms with van der Waals surface area (Å²) < 4.78 is 0. The standard InChI is InChI=1S/C51H53N/c1-48(2)21-22-49(3,4)47-30-37(17-20-45(47)48)52(36-15-18-40-38-11-7-9-13-42(38)50(5,6)46(40)29-36)35-16-19-44-41(28-35)39-12-8-10-14-43(39)51(44)33-24-31-23-32(26-33)27-34(51)25-31/h7-20,28-34H,21-27H2,1-6H3. The Hall–Kier alpha value is -4.10. The molecule has 0 saturated heterocycles. The molecule has 0 atom stereocenters. The molecule has 52 heavy (non-hydrogen) atoms. The van der Waals surface area contributed by atoms with E-state index in [0.717, 1.165) is 23.7 Å². The topological polar surface area (TPSA) is 3.24 Å². The monoisotopic (exact) mass is 679 g/mol. The molecular weight excluding hydrogens is 627 g/mol. The van der Waals surface area contributed by atoms with Gasteiger partial charge in [-0.1, -0.05) is 108 Å². The van der Waals surface area contributed by atoms with Gasteiger partial charge in [0.05, 0.1) is 0 Å². The van der Waals surface area contributed by atoms with Gasteiger partial charge in [-0.3, -0.25) is 0 Å². The Labute approximate surface area is 311 Å². The molecule has 1 spiro atoms. The van der Waals surface area contributed by atoms with Crippen molar-refractivity contribution in [1.82, 2.24) is 0 Å². The normalized spacial score (nSPS) is 28.6. The molecule has 1 heteroatoms. The average Bonchev–Trinajstić information content (AvgIpc) is 3.55. The third kappa shape index (κ3) is 4.01.